The Kier molecular flexibility index (Phi) is 4.67. The van der Waals surface area contributed by atoms with Crippen LogP contribution in [0.1, 0.15) is 36.8 Å². The molecule has 1 fully saturated rings. The third-order valence-corrected chi connectivity index (χ3v) is 6.03. The highest BCUT2D eigenvalue weighted by Gasteiger charge is 2.34. The molecule has 1 aromatic carbocycles. The van der Waals surface area contributed by atoms with E-state index in [-0.39, 0.29) is 10.9 Å². The minimum Gasteiger partial charge on any atom is -0.391 e. The van der Waals surface area contributed by atoms with Crippen molar-refractivity contribution >= 4 is 10.0 Å². The van der Waals surface area contributed by atoms with E-state index in [1.54, 1.807) is 6.92 Å². The molecule has 2 atom stereocenters. The van der Waals surface area contributed by atoms with Crippen molar-refractivity contribution in [1.82, 2.24) is 4.31 Å². The molecule has 0 heterocycles. The lowest BCUT2D eigenvalue weighted by Crippen LogP contribution is -2.46. The normalized spacial score (nSPS) is 23.0. The van der Waals surface area contributed by atoms with E-state index in [0.717, 1.165) is 12.8 Å². The van der Waals surface area contributed by atoms with Crippen molar-refractivity contribution in [3.05, 3.63) is 29.3 Å². The van der Waals surface area contributed by atoms with Crippen LogP contribution in [0.4, 0.5) is 0 Å². The summed E-state index contributed by atoms with van der Waals surface area (Å²) >= 11 is 0. The van der Waals surface area contributed by atoms with Crippen molar-refractivity contribution in [3.8, 4) is 6.07 Å². The Bertz CT molecular complexity index is 664. The molecule has 1 N–H and O–H groups in total. The summed E-state index contributed by atoms with van der Waals surface area (Å²) in [5.41, 5.74) is 1.10. The molecule has 1 saturated carbocycles. The summed E-state index contributed by atoms with van der Waals surface area (Å²) in [5, 5.41) is 19.0. The molecule has 21 heavy (non-hydrogen) atoms. The fourth-order valence-corrected chi connectivity index (χ4v) is 4.28. The summed E-state index contributed by atoms with van der Waals surface area (Å²) in [4.78, 5) is 0.166. The molecule has 1 aromatic rings. The van der Waals surface area contributed by atoms with Gasteiger partial charge in [-0.05, 0) is 43.5 Å². The Balaban J connectivity index is 2.33. The van der Waals surface area contributed by atoms with Gasteiger partial charge in [0.1, 0.15) is 0 Å². The van der Waals surface area contributed by atoms with Crippen molar-refractivity contribution in [2.45, 2.75) is 49.6 Å². The van der Waals surface area contributed by atoms with Gasteiger partial charge in [0.05, 0.1) is 28.7 Å². The van der Waals surface area contributed by atoms with E-state index >= 15 is 0 Å². The van der Waals surface area contributed by atoms with Crippen molar-refractivity contribution in [2.75, 3.05) is 7.05 Å². The number of rotatable bonds is 3. The molecule has 0 aliphatic heterocycles. The monoisotopic (exact) mass is 308 g/mol. The number of aryl methyl sites for hydroxylation is 1. The maximum Gasteiger partial charge on any atom is 0.243 e. The topological polar surface area (TPSA) is 81.4 Å². The lowest BCUT2D eigenvalue weighted by atomic mass is 9.93. The van der Waals surface area contributed by atoms with E-state index in [2.05, 4.69) is 0 Å². The number of hydrogen-bond acceptors (Lipinski definition) is 4. The molecule has 6 heteroatoms. The zero-order chi connectivity index (χ0) is 15.6. The van der Waals surface area contributed by atoms with Crippen LogP contribution >= 0.6 is 0 Å². The average molecular weight is 308 g/mol. The van der Waals surface area contributed by atoms with Crippen LogP contribution in [0.2, 0.25) is 0 Å². The summed E-state index contributed by atoms with van der Waals surface area (Å²) in [7, 11) is -2.14. The number of aliphatic hydroxyl groups excluding tert-OH is 1. The highest BCUT2D eigenvalue weighted by atomic mass is 32.2. The van der Waals surface area contributed by atoms with Gasteiger partial charge in [0.15, 0.2) is 0 Å². The van der Waals surface area contributed by atoms with E-state index < -0.39 is 16.1 Å². The van der Waals surface area contributed by atoms with Crippen molar-refractivity contribution in [3.63, 3.8) is 0 Å². The van der Waals surface area contributed by atoms with Gasteiger partial charge in [-0.1, -0.05) is 12.8 Å². The first kappa shape index (κ1) is 16.0. The molecule has 114 valence electrons. The molecule has 2 unspecified atom stereocenters. The lowest BCUT2D eigenvalue weighted by Gasteiger charge is -2.34. The van der Waals surface area contributed by atoms with Crippen LogP contribution in [-0.4, -0.2) is 37.0 Å². The second kappa shape index (κ2) is 6.14. The molecule has 0 bridgehead atoms. The van der Waals surface area contributed by atoms with Crippen molar-refractivity contribution < 1.29 is 13.5 Å². The molecule has 1 aliphatic rings. The average Bonchev–Trinajstić information content (AvgIpc) is 2.47. The molecule has 1 aliphatic carbocycles. The van der Waals surface area contributed by atoms with Gasteiger partial charge in [0, 0.05) is 7.05 Å². The molecule has 0 saturated heterocycles. The van der Waals surface area contributed by atoms with Crippen molar-refractivity contribution in [1.29, 1.82) is 5.26 Å². The van der Waals surface area contributed by atoms with Gasteiger partial charge in [-0.3, -0.25) is 0 Å². The highest BCUT2D eigenvalue weighted by molar-refractivity contribution is 7.89. The lowest BCUT2D eigenvalue weighted by molar-refractivity contribution is 0.0638. The number of benzene rings is 1. The molecule has 5 nitrogen and oxygen atoms in total. The standard InChI is InChI=1S/C15H20N2O3S/c1-11-9-13(8-7-12(11)10-16)21(19,20)17(2)14-5-3-4-6-15(14)18/h7-9,14-15,18H,3-6H2,1-2H3. The first-order chi connectivity index (χ1) is 9.87. The number of aliphatic hydroxyl groups is 1. The van der Waals surface area contributed by atoms with E-state index in [4.69, 9.17) is 5.26 Å². The van der Waals surface area contributed by atoms with Crippen LogP contribution in [0.3, 0.4) is 0 Å². The van der Waals surface area contributed by atoms with Gasteiger partial charge in [-0.15, -0.1) is 0 Å². The smallest absolute Gasteiger partial charge is 0.243 e. The summed E-state index contributed by atoms with van der Waals surface area (Å²) in [6, 6.07) is 6.14. The van der Waals surface area contributed by atoms with Gasteiger partial charge in [0.2, 0.25) is 10.0 Å². The molecule has 0 spiro atoms. The van der Waals surface area contributed by atoms with E-state index in [1.807, 2.05) is 6.07 Å². The fourth-order valence-electron chi connectivity index (χ4n) is 2.78. The predicted octanol–water partition coefficient (Wildman–Crippen LogP) is 1.79. The van der Waals surface area contributed by atoms with E-state index in [0.29, 0.717) is 24.0 Å². The molecule has 0 radical (unpaired) electrons. The maximum atomic E-state index is 12.7. The molecular formula is C15H20N2O3S. The number of nitriles is 1. The Morgan fingerprint density at radius 3 is 2.57 bits per heavy atom. The second-order valence-corrected chi connectivity index (χ2v) is 7.53. The Hall–Kier alpha value is -1.42. The van der Waals surface area contributed by atoms with Crippen LogP contribution in [0, 0.1) is 18.3 Å². The minimum atomic E-state index is -3.66. The van der Waals surface area contributed by atoms with Gasteiger partial charge in [-0.2, -0.15) is 9.57 Å². The maximum absolute atomic E-state index is 12.7. The molecule has 2 rings (SSSR count). The van der Waals surface area contributed by atoms with Crippen molar-refractivity contribution in [2.24, 2.45) is 0 Å². The largest absolute Gasteiger partial charge is 0.391 e. The van der Waals surface area contributed by atoms with Crippen LogP contribution in [0.25, 0.3) is 0 Å². The van der Waals surface area contributed by atoms with E-state index in [9.17, 15) is 13.5 Å². The minimum absolute atomic E-state index is 0.166. The zero-order valence-electron chi connectivity index (χ0n) is 12.3. The van der Waals surface area contributed by atoms with Gasteiger partial charge in [-0.25, -0.2) is 8.42 Å². The van der Waals surface area contributed by atoms with E-state index in [1.165, 1.54) is 29.6 Å². The zero-order valence-corrected chi connectivity index (χ0v) is 13.1. The number of likely N-dealkylation sites (N-methyl/N-ethyl adjacent to an activating group) is 1. The van der Waals surface area contributed by atoms with Gasteiger partial charge in [0.25, 0.3) is 0 Å². The third kappa shape index (κ3) is 3.10. The summed E-state index contributed by atoms with van der Waals surface area (Å²) in [5.74, 6) is 0. The van der Waals surface area contributed by atoms with Crippen LogP contribution < -0.4 is 0 Å². The third-order valence-electron chi connectivity index (χ3n) is 4.16. The first-order valence-electron chi connectivity index (χ1n) is 7.05. The van der Waals surface area contributed by atoms with Gasteiger partial charge < -0.3 is 5.11 Å². The summed E-state index contributed by atoms with van der Waals surface area (Å²) < 4.78 is 26.6. The summed E-state index contributed by atoms with van der Waals surface area (Å²) in [6.07, 6.45) is 2.55. The number of nitrogens with zero attached hydrogens (tertiary/aromatic N) is 2. The Morgan fingerprint density at radius 2 is 2.00 bits per heavy atom. The molecular weight excluding hydrogens is 288 g/mol. The molecule has 0 amide bonds. The Morgan fingerprint density at radius 1 is 1.33 bits per heavy atom. The van der Waals surface area contributed by atoms with Crippen LogP contribution in [-0.2, 0) is 10.0 Å². The quantitative estimate of drug-likeness (QED) is 0.923. The Labute approximate surface area is 125 Å². The SMILES string of the molecule is Cc1cc(S(=O)(=O)N(C)C2CCCCC2O)ccc1C#N. The first-order valence-corrected chi connectivity index (χ1v) is 8.49. The predicted molar refractivity (Wildman–Crippen MR) is 79.1 cm³/mol. The van der Waals surface area contributed by atoms with Gasteiger partial charge >= 0.3 is 0 Å². The second-order valence-electron chi connectivity index (χ2n) is 5.53. The summed E-state index contributed by atoms with van der Waals surface area (Å²) in [6.45, 7) is 1.72. The fraction of sp³-hybridized carbons (Fsp3) is 0.533. The number of sulfonamides is 1. The number of hydrogen-bond donors (Lipinski definition) is 1. The van der Waals surface area contributed by atoms with Crippen LogP contribution in [0.5, 0.6) is 0 Å². The highest BCUT2D eigenvalue weighted by Crippen LogP contribution is 2.27. The van der Waals surface area contributed by atoms with Crippen LogP contribution in [0.15, 0.2) is 23.1 Å². The molecule has 0 aromatic heterocycles.